The van der Waals surface area contributed by atoms with Crippen LogP contribution in [0.15, 0.2) is 99.5 Å². The number of aromatic nitrogens is 2. The molecule has 0 aliphatic carbocycles. The predicted molar refractivity (Wildman–Crippen MR) is 222 cm³/mol. The summed E-state index contributed by atoms with van der Waals surface area (Å²) in [5, 5.41) is 14.0. The van der Waals surface area contributed by atoms with Crippen molar-refractivity contribution in [2.45, 2.75) is 93.5 Å². The molecule has 316 valence electrons. The second-order valence-corrected chi connectivity index (χ2v) is 17.0. The quantitative estimate of drug-likeness (QED) is 0.0231. The maximum atomic E-state index is 14.4. The Hall–Kier alpha value is -5.49. The summed E-state index contributed by atoms with van der Waals surface area (Å²) in [4.78, 5) is 41.3. The molecule has 1 unspecified atom stereocenters. The number of ether oxygens (including phenoxy) is 2. The number of imidazole rings is 1. The van der Waals surface area contributed by atoms with Crippen molar-refractivity contribution < 1.29 is 50.1 Å². The Labute approximate surface area is 343 Å². The monoisotopic (exact) mass is 851 g/mol. The lowest BCUT2D eigenvalue weighted by atomic mass is 10.0. The maximum Gasteiger partial charge on any atom is 0.335 e. The van der Waals surface area contributed by atoms with Gasteiger partial charge in [0.05, 0.1) is 25.2 Å². The van der Waals surface area contributed by atoms with Gasteiger partial charge < -0.3 is 19.9 Å². The molecule has 0 spiro atoms. The molecule has 5 aromatic rings. The number of unbranched alkanes of at least 4 members (excludes halogenated alkanes) is 9. The number of hydrogen-bond donors (Lipinski definition) is 4. The largest absolute Gasteiger partial charge is 0.497 e. The second kappa shape index (κ2) is 20.0. The number of aromatic hydroxyl groups is 1. The third-order valence-electron chi connectivity index (χ3n) is 9.88. The van der Waals surface area contributed by atoms with Crippen LogP contribution in [0.2, 0.25) is 0 Å². The van der Waals surface area contributed by atoms with E-state index in [1.54, 1.807) is 30.3 Å². The van der Waals surface area contributed by atoms with Gasteiger partial charge in [-0.2, -0.15) is 16.8 Å². The first-order valence-electron chi connectivity index (χ1n) is 19.4. The molecule has 0 radical (unpaired) electrons. The summed E-state index contributed by atoms with van der Waals surface area (Å²) in [7, 11) is -8.54. The standard InChI is InChI=1S/C42H49N3O12S2/c1-3-4-5-6-7-8-9-10-11-15-24-57-41-40(48)45(42(49)44(41)28-29-16-13-12-14-17-29)37(38(46)30-19-22-33(56-2)23-20-30)39(47)43-32-21-18-31-25-34(58(50,51)52)27-36(35(31)26-32)59(53,54)55/h12-14,16-23,25-27,37,48H,3-11,15,24,28H2,1-2H3,(H,43,47)(H,50,51,52)(H,53,54,55). The highest BCUT2D eigenvalue weighted by molar-refractivity contribution is 7.86. The van der Waals surface area contributed by atoms with Crippen molar-refractivity contribution in [1.29, 1.82) is 0 Å². The molecule has 1 atom stereocenters. The van der Waals surface area contributed by atoms with Crippen LogP contribution in [0.25, 0.3) is 10.8 Å². The first kappa shape index (κ1) is 44.6. The Morgan fingerprint density at radius 1 is 0.780 bits per heavy atom. The minimum absolute atomic E-state index is 0.0224. The van der Waals surface area contributed by atoms with Crippen molar-refractivity contribution in [1.82, 2.24) is 9.13 Å². The van der Waals surface area contributed by atoms with Crippen LogP contribution >= 0.6 is 0 Å². The summed E-state index contributed by atoms with van der Waals surface area (Å²) in [6, 6.07) is 17.6. The Morgan fingerprint density at radius 2 is 1.41 bits per heavy atom. The van der Waals surface area contributed by atoms with Crippen LogP contribution in [0.1, 0.15) is 93.1 Å². The van der Waals surface area contributed by atoms with Gasteiger partial charge in [-0.15, -0.1) is 0 Å². The number of ketones is 1. The summed E-state index contributed by atoms with van der Waals surface area (Å²) >= 11 is 0. The molecule has 59 heavy (non-hydrogen) atoms. The summed E-state index contributed by atoms with van der Waals surface area (Å²) in [5.41, 5.74) is -0.420. The third kappa shape index (κ3) is 11.4. The van der Waals surface area contributed by atoms with E-state index >= 15 is 0 Å². The minimum Gasteiger partial charge on any atom is -0.497 e. The zero-order valence-electron chi connectivity index (χ0n) is 32.9. The number of Topliss-reactive ketones (excluding diaryl/α,β-unsaturated/α-hetero) is 1. The predicted octanol–water partition coefficient (Wildman–Crippen LogP) is 7.42. The molecule has 0 saturated heterocycles. The van der Waals surface area contributed by atoms with Crippen LogP contribution in [-0.2, 0) is 31.6 Å². The number of benzene rings is 4. The number of nitrogens with one attached hydrogen (secondary N) is 1. The molecular formula is C42H49N3O12S2. The Balaban J connectivity index is 1.51. The lowest BCUT2D eigenvalue weighted by Gasteiger charge is -2.18. The zero-order chi connectivity index (χ0) is 42.7. The van der Waals surface area contributed by atoms with E-state index in [4.69, 9.17) is 9.47 Å². The van der Waals surface area contributed by atoms with Gasteiger partial charge in [0.2, 0.25) is 0 Å². The van der Waals surface area contributed by atoms with Gasteiger partial charge in [0, 0.05) is 16.6 Å². The van der Waals surface area contributed by atoms with E-state index in [1.165, 1.54) is 75.6 Å². The van der Waals surface area contributed by atoms with Crippen LogP contribution < -0.4 is 20.5 Å². The number of anilines is 1. The second-order valence-electron chi connectivity index (χ2n) is 14.2. The number of nitrogens with zero attached hydrogens (tertiary/aromatic N) is 2. The minimum atomic E-state index is -5.08. The van der Waals surface area contributed by atoms with Crippen LogP contribution in [-0.4, -0.2) is 65.6 Å². The number of carbonyl (C=O) groups excluding carboxylic acids is 2. The molecule has 0 saturated carbocycles. The van der Waals surface area contributed by atoms with Crippen molar-refractivity contribution in [3.8, 4) is 17.5 Å². The van der Waals surface area contributed by atoms with Gasteiger partial charge in [0.1, 0.15) is 10.6 Å². The van der Waals surface area contributed by atoms with Crippen LogP contribution in [0, 0.1) is 0 Å². The van der Waals surface area contributed by atoms with E-state index < -0.39 is 59.3 Å². The van der Waals surface area contributed by atoms with Crippen LogP contribution in [0.4, 0.5) is 5.69 Å². The molecule has 0 fully saturated rings. The zero-order valence-corrected chi connectivity index (χ0v) is 34.5. The van der Waals surface area contributed by atoms with E-state index in [1.807, 2.05) is 0 Å². The molecule has 1 aromatic heterocycles. The first-order chi connectivity index (χ1) is 28.1. The normalized spacial score (nSPS) is 12.3. The third-order valence-corrected chi connectivity index (χ3v) is 11.6. The van der Waals surface area contributed by atoms with E-state index in [9.17, 15) is 45.4 Å². The number of carbonyl (C=O) groups is 2. The molecule has 1 amide bonds. The highest BCUT2D eigenvalue weighted by Crippen LogP contribution is 2.33. The van der Waals surface area contributed by atoms with Gasteiger partial charge in [-0.05, 0) is 65.9 Å². The molecule has 4 aromatic carbocycles. The fourth-order valence-corrected chi connectivity index (χ4v) is 8.13. The van der Waals surface area contributed by atoms with Crippen LogP contribution in [0.3, 0.4) is 0 Å². The molecule has 0 aliphatic heterocycles. The number of rotatable bonds is 22. The number of fused-ring (bicyclic) bond motifs is 1. The summed E-state index contributed by atoms with van der Waals surface area (Å²) in [6.45, 7) is 2.25. The molecule has 4 N–H and O–H groups in total. The van der Waals surface area contributed by atoms with Gasteiger partial charge in [-0.1, -0.05) is 101 Å². The molecule has 1 heterocycles. The van der Waals surface area contributed by atoms with Gasteiger partial charge >= 0.3 is 5.69 Å². The van der Waals surface area contributed by atoms with Crippen molar-refractivity contribution >= 4 is 48.4 Å². The maximum absolute atomic E-state index is 14.4. The van der Waals surface area contributed by atoms with E-state index in [-0.39, 0.29) is 41.1 Å². The molecule has 15 nitrogen and oxygen atoms in total. The highest BCUT2D eigenvalue weighted by Gasteiger charge is 2.37. The number of amides is 1. The number of hydrogen-bond acceptors (Lipinski definition) is 10. The molecule has 5 rings (SSSR count). The Morgan fingerprint density at radius 3 is 2.00 bits per heavy atom. The summed E-state index contributed by atoms with van der Waals surface area (Å²) < 4.78 is 81.0. The van der Waals surface area contributed by atoms with Gasteiger partial charge in [0.15, 0.2) is 11.8 Å². The fraction of sp³-hybridized carbons (Fsp3) is 0.357. The summed E-state index contributed by atoms with van der Waals surface area (Å²) in [5.74, 6) is -2.64. The van der Waals surface area contributed by atoms with E-state index in [0.29, 0.717) is 28.4 Å². The number of methoxy groups -OCH3 is 1. The van der Waals surface area contributed by atoms with Gasteiger partial charge in [-0.3, -0.25) is 23.3 Å². The average Bonchev–Trinajstić information content (AvgIpc) is 3.42. The Bertz CT molecular complexity index is 2530. The van der Waals surface area contributed by atoms with Gasteiger partial charge in [0.25, 0.3) is 37.9 Å². The topological polar surface area (TPSA) is 221 Å². The fourth-order valence-electron chi connectivity index (χ4n) is 6.79. The van der Waals surface area contributed by atoms with Crippen molar-refractivity contribution in [2.24, 2.45) is 0 Å². The molecule has 0 bridgehead atoms. The lowest BCUT2D eigenvalue weighted by molar-refractivity contribution is -0.118. The van der Waals surface area contributed by atoms with Crippen molar-refractivity contribution in [3.63, 3.8) is 0 Å². The lowest BCUT2D eigenvalue weighted by Crippen LogP contribution is -2.39. The SMILES string of the molecule is CCCCCCCCCCCCOc1c(O)n(C(C(=O)Nc2ccc3cc(S(=O)(=O)O)cc(S(=O)(=O)O)c3c2)C(=O)c2ccc(OC)cc2)c(=O)n1Cc1ccccc1. The smallest absolute Gasteiger partial charge is 0.335 e. The Kier molecular flexibility index (Phi) is 15.1. The molecular weight excluding hydrogens is 803 g/mol. The summed E-state index contributed by atoms with van der Waals surface area (Å²) in [6.07, 6.45) is 10.8. The highest BCUT2D eigenvalue weighted by atomic mass is 32.2. The van der Waals surface area contributed by atoms with Crippen molar-refractivity contribution in [3.05, 3.63) is 107 Å². The van der Waals surface area contributed by atoms with Crippen LogP contribution in [0.5, 0.6) is 17.5 Å². The first-order valence-corrected chi connectivity index (χ1v) is 22.2. The molecule has 17 heteroatoms. The molecule has 0 aliphatic rings. The average molecular weight is 852 g/mol. The van der Waals surface area contributed by atoms with Gasteiger partial charge in [-0.25, -0.2) is 9.36 Å². The van der Waals surface area contributed by atoms with E-state index in [2.05, 4.69) is 12.2 Å². The van der Waals surface area contributed by atoms with Crippen molar-refractivity contribution in [2.75, 3.05) is 19.0 Å². The van der Waals surface area contributed by atoms with E-state index in [0.717, 1.165) is 42.4 Å².